The van der Waals surface area contributed by atoms with Crippen molar-refractivity contribution in [2.45, 2.75) is 13.5 Å². The predicted molar refractivity (Wildman–Crippen MR) is 60.7 cm³/mol. The topological polar surface area (TPSA) is 61.0 Å². The molecule has 0 saturated heterocycles. The molecule has 2 aromatic heterocycles. The third-order valence-electron chi connectivity index (χ3n) is 1.94. The van der Waals surface area contributed by atoms with E-state index in [1.165, 1.54) is 0 Å². The molecule has 0 radical (unpaired) electrons. The lowest BCUT2D eigenvalue weighted by atomic mass is 10.3. The number of hydrogen-bond acceptors (Lipinski definition) is 5. The highest BCUT2D eigenvalue weighted by Gasteiger charge is 2.10. The smallest absolute Gasteiger partial charge is 0.266 e. The zero-order valence-corrected chi connectivity index (χ0v) is 10.5. The fourth-order valence-electron chi connectivity index (χ4n) is 1.24. The summed E-state index contributed by atoms with van der Waals surface area (Å²) in [4.78, 5) is 4.38. The summed E-state index contributed by atoms with van der Waals surface area (Å²) < 4.78 is 11.2. The maximum absolute atomic E-state index is 5.30. The quantitative estimate of drug-likeness (QED) is 0.865. The number of aryl methyl sites for hydroxylation is 1. The van der Waals surface area contributed by atoms with Crippen molar-refractivity contribution in [2.24, 2.45) is 0 Å². The molecule has 2 aromatic rings. The number of nitrogens with zero attached hydrogens (tertiary/aromatic N) is 3. The summed E-state index contributed by atoms with van der Waals surface area (Å²) in [5, 5.41) is 7.67. The van der Waals surface area contributed by atoms with E-state index in [1.807, 2.05) is 12.1 Å². The van der Waals surface area contributed by atoms with Crippen molar-refractivity contribution in [3.63, 3.8) is 0 Å². The lowest BCUT2D eigenvalue weighted by Crippen LogP contribution is -1.95. The molecule has 0 bridgehead atoms. The van der Waals surface area contributed by atoms with Crippen molar-refractivity contribution >= 4 is 15.9 Å². The molecule has 2 heterocycles. The lowest BCUT2D eigenvalue weighted by Gasteiger charge is -2.03. The van der Waals surface area contributed by atoms with Gasteiger partial charge in [-0.2, -0.15) is 0 Å². The van der Waals surface area contributed by atoms with Gasteiger partial charge in [-0.05, 0) is 28.1 Å². The van der Waals surface area contributed by atoms with Gasteiger partial charge in [-0.15, -0.1) is 10.2 Å². The number of rotatable bonds is 3. The van der Waals surface area contributed by atoms with Gasteiger partial charge in [-0.25, -0.2) is 4.98 Å². The van der Waals surface area contributed by atoms with Crippen LogP contribution in [0, 0.1) is 6.92 Å². The molecule has 0 unspecified atom stereocenters. The first-order chi connectivity index (χ1) is 7.70. The van der Waals surface area contributed by atoms with Crippen molar-refractivity contribution in [3.8, 4) is 11.6 Å². The van der Waals surface area contributed by atoms with Crippen LogP contribution in [-0.2, 0) is 11.3 Å². The fraction of sp³-hybridized carbons (Fsp3) is 0.300. The van der Waals surface area contributed by atoms with Gasteiger partial charge in [0.25, 0.3) is 5.89 Å². The van der Waals surface area contributed by atoms with E-state index in [0.717, 1.165) is 10.2 Å². The maximum atomic E-state index is 5.30. The molecule has 0 aliphatic rings. The molecule has 0 N–H and O–H groups in total. The average Bonchev–Trinajstić information content (AvgIpc) is 2.69. The first-order valence-corrected chi connectivity index (χ1v) is 5.45. The second-order valence-electron chi connectivity index (χ2n) is 3.18. The number of halogens is 1. The van der Waals surface area contributed by atoms with Crippen molar-refractivity contribution < 1.29 is 9.15 Å². The third kappa shape index (κ3) is 2.28. The van der Waals surface area contributed by atoms with Gasteiger partial charge in [0.05, 0.1) is 12.3 Å². The van der Waals surface area contributed by atoms with Gasteiger partial charge in [0.1, 0.15) is 5.69 Å². The van der Waals surface area contributed by atoms with Crippen LogP contribution in [0.15, 0.2) is 21.0 Å². The molecule has 16 heavy (non-hydrogen) atoms. The number of aromatic nitrogens is 3. The molecule has 0 atom stereocenters. The highest BCUT2D eigenvalue weighted by molar-refractivity contribution is 9.10. The molecule has 84 valence electrons. The molecule has 0 saturated carbocycles. The van der Waals surface area contributed by atoms with Crippen molar-refractivity contribution in [3.05, 3.63) is 28.2 Å². The zero-order chi connectivity index (χ0) is 11.5. The Kier molecular flexibility index (Phi) is 3.31. The van der Waals surface area contributed by atoms with Crippen LogP contribution in [0.5, 0.6) is 0 Å². The molecular weight excluding hydrogens is 274 g/mol. The fourth-order valence-corrected chi connectivity index (χ4v) is 1.58. The number of ether oxygens (including phenoxy) is 1. The largest absolute Gasteiger partial charge is 0.420 e. The van der Waals surface area contributed by atoms with Crippen LogP contribution in [0.2, 0.25) is 0 Å². The van der Waals surface area contributed by atoms with Crippen molar-refractivity contribution in [1.82, 2.24) is 15.2 Å². The van der Waals surface area contributed by atoms with Crippen molar-refractivity contribution in [2.75, 3.05) is 7.11 Å². The molecule has 0 aromatic carbocycles. The molecule has 0 spiro atoms. The minimum absolute atomic E-state index is 0.419. The molecule has 2 rings (SSSR count). The van der Waals surface area contributed by atoms with E-state index in [-0.39, 0.29) is 0 Å². The molecule has 0 aliphatic heterocycles. The highest BCUT2D eigenvalue weighted by atomic mass is 79.9. The Bertz CT molecular complexity index is 499. The number of methoxy groups -OCH3 is 1. The Morgan fingerprint density at radius 3 is 2.81 bits per heavy atom. The second-order valence-corrected chi connectivity index (χ2v) is 4.04. The first kappa shape index (κ1) is 11.2. The Hall–Kier alpha value is -1.27. The second kappa shape index (κ2) is 4.71. The molecule has 6 heteroatoms. The van der Waals surface area contributed by atoms with Gasteiger partial charge < -0.3 is 9.15 Å². The number of hydrogen-bond donors (Lipinski definition) is 0. The Morgan fingerprint density at radius 1 is 1.38 bits per heavy atom. The van der Waals surface area contributed by atoms with E-state index < -0.39 is 0 Å². The van der Waals surface area contributed by atoms with Crippen LogP contribution >= 0.6 is 15.9 Å². The van der Waals surface area contributed by atoms with Gasteiger partial charge in [0.2, 0.25) is 5.89 Å². The summed E-state index contributed by atoms with van der Waals surface area (Å²) in [6, 6.07) is 3.70. The van der Waals surface area contributed by atoms with Crippen LogP contribution in [0.1, 0.15) is 11.6 Å². The summed E-state index contributed by atoms with van der Waals surface area (Å²) in [7, 11) is 1.62. The van der Waals surface area contributed by atoms with E-state index in [0.29, 0.717) is 24.1 Å². The summed E-state index contributed by atoms with van der Waals surface area (Å²) >= 11 is 3.40. The van der Waals surface area contributed by atoms with Crippen molar-refractivity contribution in [1.29, 1.82) is 0 Å². The zero-order valence-electron chi connectivity index (χ0n) is 8.90. The normalized spacial score (nSPS) is 10.7. The van der Waals surface area contributed by atoms with Gasteiger partial charge in [0.15, 0.2) is 0 Å². The maximum Gasteiger partial charge on any atom is 0.266 e. The summed E-state index contributed by atoms with van der Waals surface area (Å²) in [6.07, 6.45) is 0. The van der Waals surface area contributed by atoms with Gasteiger partial charge in [0, 0.05) is 18.5 Å². The summed E-state index contributed by atoms with van der Waals surface area (Å²) in [5.41, 5.74) is 1.45. The van der Waals surface area contributed by atoms with Crippen LogP contribution in [0.3, 0.4) is 0 Å². The van der Waals surface area contributed by atoms with E-state index in [9.17, 15) is 0 Å². The minimum Gasteiger partial charge on any atom is -0.420 e. The molecule has 0 aliphatic carbocycles. The SMILES string of the molecule is COCc1nc(-c2nnc(C)o2)ccc1Br. The number of pyridine rings is 1. The Balaban J connectivity index is 2.39. The van der Waals surface area contributed by atoms with E-state index >= 15 is 0 Å². The van der Waals surface area contributed by atoms with E-state index in [4.69, 9.17) is 9.15 Å². The van der Waals surface area contributed by atoms with Crippen LogP contribution < -0.4 is 0 Å². The monoisotopic (exact) mass is 283 g/mol. The average molecular weight is 284 g/mol. The Labute approximate surface area is 101 Å². The predicted octanol–water partition coefficient (Wildman–Crippen LogP) is 2.35. The van der Waals surface area contributed by atoms with Crippen LogP contribution in [-0.4, -0.2) is 22.3 Å². The molecule has 5 nitrogen and oxygen atoms in total. The van der Waals surface area contributed by atoms with E-state index in [1.54, 1.807) is 14.0 Å². The standard InChI is InChI=1S/C10H10BrN3O2/c1-6-13-14-10(16-6)8-4-3-7(11)9(12-8)5-15-2/h3-4H,5H2,1-2H3. The van der Waals surface area contributed by atoms with Gasteiger partial charge in [-0.1, -0.05) is 0 Å². The molecule has 0 amide bonds. The highest BCUT2D eigenvalue weighted by Crippen LogP contribution is 2.21. The van der Waals surface area contributed by atoms with E-state index in [2.05, 4.69) is 31.1 Å². The van der Waals surface area contributed by atoms with Crippen LogP contribution in [0.4, 0.5) is 0 Å². The van der Waals surface area contributed by atoms with Gasteiger partial charge in [-0.3, -0.25) is 0 Å². The minimum atomic E-state index is 0.419. The Morgan fingerprint density at radius 2 is 2.19 bits per heavy atom. The van der Waals surface area contributed by atoms with Crippen LogP contribution in [0.25, 0.3) is 11.6 Å². The molecular formula is C10H10BrN3O2. The third-order valence-corrected chi connectivity index (χ3v) is 2.67. The lowest BCUT2D eigenvalue weighted by molar-refractivity contribution is 0.181. The summed E-state index contributed by atoms with van der Waals surface area (Å²) in [5.74, 6) is 0.940. The van der Waals surface area contributed by atoms with Gasteiger partial charge >= 0.3 is 0 Å². The first-order valence-electron chi connectivity index (χ1n) is 4.65. The molecule has 0 fully saturated rings. The summed E-state index contributed by atoms with van der Waals surface area (Å²) in [6.45, 7) is 2.17.